The van der Waals surface area contributed by atoms with Crippen molar-refractivity contribution in [2.45, 2.75) is 25.7 Å². The number of rotatable bonds is 9. The third-order valence-corrected chi connectivity index (χ3v) is 5.69. The molecule has 3 aromatic rings. The maximum absolute atomic E-state index is 13.0. The first kappa shape index (κ1) is 21.2. The fraction of sp³-hybridized carbons (Fsp3) is 0.360. The molecule has 0 N–H and O–H groups in total. The van der Waals surface area contributed by atoms with Crippen molar-refractivity contribution in [3.8, 4) is 17.1 Å². The molecule has 31 heavy (non-hydrogen) atoms. The number of aromatic nitrogens is 1. The molecule has 1 aliphatic rings. The van der Waals surface area contributed by atoms with E-state index < -0.39 is 0 Å². The summed E-state index contributed by atoms with van der Waals surface area (Å²) in [6.07, 6.45) is 4.72. The summed E-state index contributed by atoms with van der Waals surface area (Å²) in [6, 6.07) is 15.8. The lowest BCUT2D eigenvalue weighted by molar-refractivity contribution is -0.118. The molecule has 1 fully saturated rings. The minimum Gasteiger partial charge on any atom is -0.492 e. The maximum Gasteiger partial charge on any atom is 0.170 e. The number of para-hydroxylation sites is 1. The largest absolute Gasteiger partial charge is 0.492 e. The van der Waals surface area contributed by atoms with E-state index in [1.807, 2.05) is 30.3 Å². The lowest BCUT2D eigenvalue weighted by Crippen LogP contribution is -2.38. The minimum atomic E-state index is -0.277. The summed E-state index contributed by atoms with van der Waals surface area (Å²) < 4.78 is 24.4. The van der Waals surface area contributed by atoms with Gasteiger partial charge in [0.1, 0.15) is 17.3 Å². The number of ether oxygens (including phenoxy) is 1. The summed E-state index contributed by atoms with van der Waals surface area (Å²) >= 11 is 0. The van der Waals surface area contributed by atoms with Crippen molar-refractivity contribution < 1.29 is 18.4 Å². The van der Waals surface area contributed by atoms with E-state index >= 15 is 0 Å². The van der Waals surface area contributed by atoms with E-state index in [0.29, 0.717) is 31.1 Å². The molecule has 2 heterocycles. The molecule has 0 spiro atoms. The second-order valence-corrected chi connectivity index (χ2v) is 8.08. The van der Waals surface area contributed by atoms with Gasteiger partial charge in [-0.05, 0) is 49.2 Å². The highest BCUT2D eigenvalue weighted by molar-refractivity contribution is 5.81. The molecule has 0 bridgehead atoms. The summed E-state index contributed by atoms with van der Waals surface area (Å²) in [7, 11) is 0. The van der Waals surface area contributed by atoms with E-state index in [-0.39, 0.29) is 11.6 Å². The lowest BCUT2D eigenvalue weighted by atomic mass is 9.98. The Kier molecular flexibility index (Phi) is 7.10. The Morgan fingerprint density at radius 3 is 2.81 bits per heavy atom. The Hall–Kier alpha value is -2.99. The number of piperidine rings is 1. The fourth-order valence-electron chi connectivity index (χ4n) is 4.05. The van der Waals surface area contributed by atoms with Gasteiger partial charge in [-0.15, -0.1) is 0 Å². The van der Waals surface area contributed by atoms with Crippen LogP contribution in [0.5, 0.6) is 5.75 Å². The molecule has 0 aliphatic carbocycles. The Bertz CT molecular complexity index is 973. The van der Waals surface area contributed by atoms with E-state index in [4.69, 9.17) is 9.26 Å². The number of hydrogen-bond donors (Lipinski definition) is 0. The first-order chi connectivity index (χ1) is 15.2. The number of nitrogens with zero attached hydrogens (tertiary/aromatic N) is 2. The third-order valence-electron chi connectivity index (χ3n) is 5.69. The molecule has 162 valence electrons. The topological polar surface area (TPSA) is 55.6 Å². The van der Waals surface area contributed by atoms with E-state index in [2.05, 4.69) is 10.1 Å². The summed E-state index contributed by atoms with van der Waals surface area (Å²) in [5.74, 6) is 1.82. The SMILES string of the molecule is O=C(CCN1CCCC(COc2ccccc2-c2ccno2)C1)Cc1ccc(F)cc1. The Morgan fingerprint density at radius 1 is 1.16 bits per heavy atom. The Morgan fingerprint density at radius 2 is 2.00 bits per heavy atom. The summed E-state index contributed by atoms with van der Waals surface area (Å²) in [5.41, 5.74) is 1.76. The van der Waals surface area contributed by atoms with Crippen LogP contribution >= 0.6 is 0 Å². The van der Waals surface area contributed by atoms with E-state index in [1.165, 1.54) is 12.1 Å². The first-order valence-corrected chi connectivity index (χ1v) is 10.8. The van der Waals surface area contributed by atoms with Gasteiger partial charge in [-0.2, -0.15) is 0 Å². The van der Waals surface area contributed by atoms with Gasteiger partial charge in [-0.3, -0.25) is 4.79 Å². The van der Waals surface area contributed by atoms with Crippen LogP contribution in [0.25, 0.3) is 11.3 Å². The highest BCUT2D eigenvalue weighted by Crippen LogP contribution is 2.30. The number of hydrogen-bond acceptors (Lipinski definition) is 5. The predicted octanol–water partition coefficient (Wildman–Crippen LogP) is 4.77. The van der Waals surface area contributed by atoms with E-state index in [0.717, 1.165) is 49.4 Å². The molecule has 2 aromatic carbocycles. The Labute approximate surface area is 181 Å². The number of benzene rings is 2. The summed E-state index contributed by atoms with van der Waals surface area (Å²) in [4.78, 5) is 14.7. The highest BCUT2D eigenvalue weighted by atomic mass is 19.1. The third kappa shape index (κ3) is 6.01. The molecule has 0 saturated carbocycles. The van der Waals surface area contributed by atoms with Gasteiger partial charge in [0.15, 0.2) is 5.76 Å². The van der Waals surface area contributed by atoms with Crippen LogP contribution < -0.4 is 4.74 Å². The summed E-state index contributed by atoms with van der Waals surface area (Å²) in [6.45, 7) is 3.32. The minimum absolute atomic E-state index is 0.186. The van der Waals surface area contributed by atoms with Crippen molar-refractivity contribution in [1.29, 1.82) is 0 Å². The van der Waals surface area contributed by atoms with Crippen LogP contribution in [0.2, 0.25) is 0 Å². The number of ketones is 1. The van der Waals surface area contributed by atoms with Crippen molar-refractivity contribution in [2.75, 3.05) is 26.2 Å². The average Bonchev–Trinajstić information content (AvgIpc) is 3.33. The Balaban J connectivity index is 1.25. The van der Waals surface area contributed by atoms with Gasteiger partial charge < -0.3 is 14.2 Å². The molecule has 1 atom stereocenters. The van der Waals surface area contributed by atoms with Crippen molar-refractivity contribution in [3.05, 3.63) is 72.2 Å². The van der Waals surface area contributed by atoms with Crippen molar-refractivity contribution in [2.24, 2.45) is 5.92 Å². The van der Waals surface area contributed by atoms with E-state index in [1.54, 1.807) is 18.3 Å². The van der Waals surface area contributed by atoms with Crippen LogP contribution in [-0.4, -0.2) is 42.1 Å². The molecular formula is C25H27FN2O3. The average molecular weight is 423 g/mol. The second kappa shape index (κ2) is 10.4. The van der Waals surface area contributed by atoms with Gasteiger partial charge in [0, 0.05) is 37.9 Å². The van der Waals surface area contributed by atoms with Gasteiger partial charge in [-0.1, -0.05) is 29.4 Å². The molecular weight excluding hydrogens is 395 g/mol. The van der Waals surface area contributed by atoms with Gasteiger partial charge in [-0.25, -0.2) is 4.39 Å². The monoisotopic (exact) mass is 422 g/mol. The van der Waals surface area contributed by atoms with Gasteiger partial charge in [0.2, 0.25) is 0 Å². The molecule has 1 saturated heterocycles. The summed E-state index contributed by atoms with van der Waals surface area (Å²) in [5, 5.41) is 3.78. The zero-order valence-corrected chi connectivity index (χ0v) is 17.5. The highest BCUT2D eigenvalue weighted by Gasteiger charge is 2.21. The zero-order chi connectivity index (χ0) is 21.5. The van der Waals surface area contributed by atoms with Crippen LogP contribution in [0.3, 0.4) is 0 Å². The molecule has 4 rings (SSSR count). The van der Waals surface area contributed by atoms with Gasteiger partial charge in [0.25, 0.3) is 0 Å². The van der Waals surface area contributed by atoms with Crippen LogP contribution in [0.15, 0.2) is 65.3 Å². The van der Waals surface area contributed by atoms with Crippen LogP contribution in [-0.2, 0) is 11.2 Å². The normalized spacial score (nSPS) is 16.9. The second-order valence-electron chi connectivity index (χ2n) is 8.08. The molecule has 0 amide bonds. The standard InChI is InChI=1S/C25H27FN2O3/c26-21-9-7-19(8-10-21)16-22(29)12-15-28-14-3-4-20(17-28)18-30-24-6-2-1-5-23(24)25-11-13-27-31-25/h1-2,5-11,13,20H,3-4,12,14-18H2. The molecule has 1 unspecified atom stereocenters. The number of halogens is 1. The molecule has 0 radical (unpaired) electrons. The van der Waals surface area contributed by atoms with E-state index in [9.17, 15) is 9.18 Å². The van der Waals surface area contributed by atoms with Crippen LogP contribution in [0.4, 0.5) is 4.39 Å². The van der Waals surface area contributed by atoms with Crippen molar-refractivity contribution in [1.82, 2.24) is 10.1 Å². The number of carbonyl (C=O) groups is 1. The molecule has 6 heteroatoms. The number of likely N-dealkylation sites (tertiary alicyclic amines) is 1. The maximum atomic E-state index is 13.0. The van der Waals surface area contributed by atoms with Gasteiger partial charge in [0.05, 0.1) is 18.4 Å². The quantitative estimate of drug-likeness (QED) is 0.497. The van der Waals surface area contributed by atoms with Crippen molar-refractivity contribution in [3.63, 3.8) is 0 Å². The van der Waals surface area contributed by atoms with Gasteiger partial charge >= 0.3 is 0 Å². The van der Waals surface area contributed by atoms with Crippen molar-refractivity contribution >= 4 is 5.78 Å². The fourth-order valence-corrected chi connectivity index (χ4v) is 4.05. The predicted molar refractivity (Wildman–Crippen MR) is 116 cm³/mol. The molecule has 1 aliphatic heterocycles. The molecule has 5 nitrogen and oxygen atoms in total. The van der Waals surface area contributed by atoms with Crippen LogP contribution in [0.1, 0.15) is 24.8 Å². The zero-order valence-electron chi connectivity index (χ0n) is 17.5. The first-order valence-electron chi connectivity index (χ1n) is 10.8. The van der Waals surface area contributed by atoms with Crippen LogP contribution in [0, 0.1) is 11.7 Å². The lowest BCUT2D eigenvalue weighted by Gasteiger charge is -2.32. The number of Topliss-reactive ketones (excluding diaryl/α,β-unsaturated/α-hetero) is 1. The smallest absolute Gasteiger partial charge is 0.170 e. The number of carbonyl (C=O) groups excluding carboxylic acids is 1. The molecule has 1 aromatic heterocycles.